The number of hydrogen-bond acceptors (Lipinski definition) is 4. The number of nitrogens with zero attached hydrogens (tertiary/aromatic N) is 2. The van der Waals surface area contributed by atoms with Crippen LogP contribution < -0.4 is 10.1 Å². The van der Waals surface area contributed by atoms with Crippen molar-refractivity contribution in [2.45, 2.75) is 19.4 Å². The van der Waals surface area contributed by atoms with E-state index < -0.39 is 0 Å². The molecule has 0 bridgehead atoms. The van der Waals surface area contributed by atoms with Gasteiger partial charge in [-0.3, -0.25) is 0 Å². The van der Waals surface area contributed by atoms with Gasteiger partial charge in [0.25, 0.3) is 0 Å². The zero-order chi connectivity index (χ0) is 14.2. The monoisotopic (exact) mass is 291 g/mol. The topological polar surface area (TPSA) is 47.0 Å². The van der Waals surface area contributed by atoms with Gasteiger partial charge in [-0.05, 0) is 12.0 Å². The maximum atomic E-state index is 6.03. The van der Waals surface area contributed by atoms with Gasteiger partial charge in [0.05, 0.1) is 12.6 Å². The molecule has 1 unspecified atom stereocenters. The molecule has 20 heavy (non-hydrogen) atoms. The maximum Gasteiger partial charge on any atom is 0.226 e. The molecule has 1 aromatic heterocycles. The van der Waals surface area contributed by atoms with Crippen LogP contribution in [0, 0.1) is 0 Å². The normalized spacial score (nSPS) is 11.9. The van der Waals surface area contributed by atoms with Crippen LogP contribution in [0.15, 0.2) is 42.6 Å². The first kappa shape index (κ1) is 14.6. The standard InChI is InChI=1S/C15H18ClN3O/c1-2-10-20-14-8-9-17-15(19-14)18-13(11-16)12-6-4-3-5-7-12/h3-9,13H,2,10-11H2,1H3,(H,17,18,19). The maximum absolute atomic E-state index is 6.03. The van der Waals surface area contributed by atoms with Crippen LogP contribution in [-0.4, -0.2) is 22.5 Å². The summed E-state index contributed by atoms with van der Waals surface area (Å²) >= 11 is 6.03. The molecule has 0 spiro atoms. The van der Waals surface area contributed by atoms with Gasteiger partial charge in [0, 0.05) is 18.1 Å². The Morgan fingerprint density at radius 1 is 1.25 bits per heavy atom. The lowest BCUT2D eigenvalue weighted by molar-refractivity contribution is 0.305. The van der Waals surface area contributed by atoms with E-state index in [0.29, 0.717) is 24.3 Å². The second kappa shape index (κ2) is 7.70. The van der Waals surface area contributed by atoms with Crippen molar-refractivity contribution < 1.29 is 4.74 Å². The molecule has 0 radical (unpaired) electrons. The molecule has 0 aliphatic rings. The quantitative estimate of drug-likeness (QED) is 0.791. The summed E-state index contributed by atoms with van der Waals surface area (Å²) in [4.78, 5) is 8.52. The third-order valence-corrected chi connectivity index (χ3v) is 3.05. The van der Waals surface area contributed by atoms with E-state index >= 15 is 0 Å². The second-order valence-corrected chi connectivity index (χ2v) is 4.64. The number of alkyl halides is 1. The summed E-state index contributed by atoms with van der Waals surface area (Å²) in [5, 5.41) is 3.23. The van der Waals surface area contributed by atoms with E-state index in [1.807, 2.05) is 30.3 Å². The van der Waals surface area contributed by atoms with E-state index in [4.69, 9.17) is 16.3 Å². The molecule has 0 fully saturated rings. The van der Waals surface area contributed by atoms with Crippen LogP contribution in [0.1, 0.15) is 24.9 Å². The average Bonchev–Trinajstić information content (AvgIpc) is 2.52. The van der Waals surface area contributed by atoms with Crippen molar-refractivity contribution in [1.82, 2.24) is 9.97 Å². The Morgan fingerprint density at radius 2 is 2.05 bits per heavy atom. The minimum absolute atomic E-state index is 0.0284. The summed E-state index contributed by atoms with van der Waals surface area (Å²) in [5.74, 6) is 1.53. The third-order valence-electron chi connectivity index (χ3n) is 2.74. The molecule has 0 saturated carbocycles. The molecule has 1 heterocycles. The second-order valence-electron chi connectivity index (χ2n) is 4.33. The van der Waals surface area contributed by atoms with Gasteiger partial charge in [-0.1, -0.05) is 37.3 Å². The summed E-state index contributed by atoms with van der Waals surface area (Å²) in [5.41, 5.74) is 1.10. The van der Waals surface area contributed by atoms with Gasteiger partial charge in [0.2, 0.25) is 11.8 Å². The van der Waals surface area contributed by atoms with E-state index in [0.717, 1.165) is 12.0 Å². The van der Waals surface area contributed by atoms with Gasteiger partial charge in [0.1, 0.15) is 0 Å². The lowest BCUT2D eigenvalue weighted by atomic mass is 10.1. The van der Waals surface area contributed by atoms with E-state index in [1.54, 1.807) is 12.3 Å². The van der Waals surface area contributed by atoms with Crippen molar-refractivity contribution >= 4 is 17.5 Å². The Morgan fingerprint density at radius 3 is 2.75 bits per heavy atom. The number of rotatable bonds is 7. The fraction of sp³-hybridized carbons (Fsp3) is 0.333. The van der Waals surface area contributed by atoms with Crippen LogP contribution in [0.4, 0.5) is 5.95 Å². The first-order valence-corrected chi connectivity index (χ1v) is 7.20. The van der Waals surface area contributed by atoms with Crippen LogP contribution >= 0.6 is 11.6 Å². The van der Waals surface area contributed by atoms with Gasteiger partial charge in [0.15, 0.2) is 0 Å². The number of nitrogens with one attached hydrogen (secondary N) is 1. The molecule has 0 saturated heterocycles. The summed E-state index contributed by atoms with van der Waals surface area (Å²) < 4.78 is 5.49. The summed E-state index contributed by atoms with van der Waals surface area (Å²) in [6.45, 7) is 2.70. The first-order valence-electron chi connectivity index (χ1n) is 6.66. The molecule has 0 aliphatic carbocycles. The molecule has 106 valence electrons. The fourth-order valence-electron chi connectivity index (χ4n) is 1.75. The summed E-state index contributed by atoms with van der Waals surface area (Å²) in [6, 6.07) is 11.7. The number of anilines is 1. The van der Waals surface area contributed by atoms with Crippen molar-refractivity contribution in [2.24, 2.45) is 0 Å². The molecular formula is C15H18ClN3O. The number of hydrogen-bond donors (Lipinski definition) is 1. The number of aromatic nitrogens is 2. The highest BCUT2D eigenvalue weighted by Gasteiger charge is 2.11. The van der Waals surface area contributed by atoms with Gasteiger partial charge >= 0.3 is 0 Å². The largest absolute Gasteiger partial charge is 0.478 e. The Bertz CT molecular complexity index is 522. The van der Waals surface area contributed by atoms with Gasteiger partial charge in [-0.2, -0.15) is 4.98 Å². The molecular weight excluding hydrogens is 274 g/mol. The first-order chi connectivity index (χ1) is 9.83. The van der Waals surface area contributed by atoms with E-state index in [9.17, 15) is 0 Å². The number of benzene rings is 1. The van der Waals surface area contributed by atoms with Crippen molar-refractivity contribution in [3.05, 3.63) is 48.2 Å². The Kier molecular flexibility index (Phi) is 5.62. The Hall–Kier alpha value is -1.81. The lowest BCUT2D eigenvalue weighted by Crippen LogP contribution is -2.14. The molecule has 2 aromatic rings. The van der Waals surface area contributed by atoms with Gasteiger partial charge < -0.3 is 10.1 Å². The Labute approximate surface area is 124 Å². The molecule has 5 heteroatoms. The van der Waals surface area contributed by atoms with Crippen molar-refractivity contribution in [3.8, 4) is 5.88 Å². The van der Waals surface area contributed by atoms with Crippen molar-refractivity contribution in [2.75, 3.05) is 17.8 Å². The third kappa shape index (κ3) is 4.10. The summed E-state index contributed by atoms with van der Waals surface area (Å²) in [6.07, 6.45) is 2.62. The van der Waals surface area contributed by atoms with Crippen molar-refractivity contribution in [3.63, 3.8) is 0 Å². The van der Waals surface area contributed by atoms with Crippen LogP contribution in [0.3, 0.4) is 0 Å². The fourth-order valence-corrected chi connectivity index (χ4v) is 2.01. The van der Waals surface area contributed by atoms with Crippen molar-refractivity contribution in [1.29, 1.82) is 0 Å². The van der Waals surface area contributed by atoms with Crippen LogP contribution in [0.2, 0.25) is 0 Å². The molecule has 4 nitrogen and oxygen atoms in total. The SMILES string of the molecule is CCCOc1ccnc(NC(CCl)c2ccccc2)n1. The van der Waals surface area contributed by atoms with Crippen LogP contribution in [0.25, 0.3) is 0 Å². The molecule has 1 aromatic carbocycles. The zero-order valence-corrected chi connectivity index (χ0v) is 12.2. The van der Waals surface area contributed by atoms with E-state index in [2.05, 4.69) is 22.2 Å². The molecule has 0 amide bonds. The van der Waals surface area contributed by atoms with Crippen LogP contribution in [-0.2, 0) is 0 Å². The van der Waals surface area contributed by atoms with E-state index in [-0.39, 0.29) is 6.04 Å². The highest BCUT2D eigenvalue weighted by atomic mass is 35.5. The molecule has 2 rings (SSSR count). The van der Waals surface area contributed by atoms with E-state index in [1.165, 1.54) is 0 Å². The lowest BCUT2D eigenvalue weighted by Gasteiger charge is -2.16. The predicted octanol–water partition coefficient (Wildman–Crippen LogP) is 3.66. The molecule has 1 N–H and O–H groups in total. The van der Waals surface area contributed by atoms with Gasteiger partial charge in [-0.15, -0.1) is 11.6 Å². The minimum atomic E-state index is -0.0284. The number of ether oxygens (including phenoxy) is 1. The van der Waals surface area contributed by atoms with Crippen LogP contribution in [0.5, 0.6) is 5.88 Å². The molecule has 0 aliphatic heterocycles. The average molecular weight is 292 g/mol. The highest BCUT2D eigenvalue weighted by molar-refractivity contribution is 6.18. The zero-order valence-electron chi connectivity index (χ0n) is 11.4. The summed E-state index contributed by atoms with van der Waals surface area (Å²) in [7, 11) is 0. The molecule has 1 atom stereocenters. The predicted molar refractivity (Wildman–Crippen MR) is 81.3 cm³/mol. The minimum Gasteiger partial charge on any atom is -0.478 e. The Balaban J connectivity index is 2.07. The smallest absolute Gasteiger partial charge is 0.226 e. The number of halogens is 1. The highest BCUT2D eigenvalue weighted by Crippen LogP contribution is 2.19. The van der Waals surface area contributed by atoms with Gasteiger partial charge in [-0.25, -0.2) is 4.98 Å².